The third kappa shape index (κ3) is 18.7. The van der Waals surface area contributed by atoms with Crippen molar-refractivity contribution in [2.45, 2.75) is 48.3 Å². The Balaban J connectivity index is 0.000000169. The molecule has 0 saturated carbocycles. The van der Waals surface area contributed by atoms with Crippen LogP contribution in [0, 0.1) is 64.0 Å². The molecule has 534 valence electrons. The standard InChI is InChI=1S/C24H22N6O3S2.2C23H21N7O3S2/c1-3-17-10-12-30(13-11-17)35(32,33)19-7-5-18(6-8-19)23(31)27-24-26-22(15-34-24)20-14-16(2)4-9-21(20)28-29-25;1-3-29-10-12-30(13-11-29)35(32,33)18-7-5-17(6-8-18)22(31)26-23-25-21(15-34-23)19-14-16(2)4-9-20(19)27-28-24;1-3-29-10-12-30(13-11-29)35(32,33)19-8-5-17(6-9-19)22(31)26-23-25-21(15-34-23)20-14-18(27-28-24)7-4-16(20)2/h1,4-9,14-15,17H,10-13H2,2H3,(H,26,27,31);2*1,4-9,14-15H,10-13H2,2H3,(H,25,26,31). The molecular weight excluding hydrogens is 1460 g/mol. The van der Waals surface area contributed by atoms with Gasteiger partial charge in [0.05, 0.1) is 31.8 Å². The van der Waals surface area contributed by atoms with Crippen LogP contribution in [0.2, 0.25) is 0 Å². The Kier molecular flexibility index (Phi) is 24.8. The Morgan fingerprint density at radius 2 is 0.800 bits per heavy atom. The van der Waals surface area contributed by atoms with Crippen molar-refractivity contribution in [3.63, 3.8) is 0 Å². The highest BCUT2D eigenvalue weighted by molar-refractivity contribution is 7.89. The molecule has 3 fully saturated rings. The van der Waals surface area contributed by atoms with Crippen molar-refractivity contribution in [1.82, 2.24) is 37.7 Å². The molecule has 3 N–H and O–H groups in total. The maximum absolute atomic E-state index is 12.9. The Bertz CT molecular complexity index is 5170. The predicted octanol–water partition coefficient (Wildman–Crippen LogP) is 13.8. The molecule has 9 aromatic rings. The van der Waals surface area contributed by atoms with Crippen LogP contribution in [0.1, 0.15) is 60.6 Å². The molecule has 3 saturated heterocycles. The molecular formula is C70H64N20O9S6. The number of thiazole rings is 3. The zero-order chi connectivity index (χ0) is 75.0. The summed E-state index contributed by atoms with van der Waals surface area (Å²) in [5.41, 5.74) is 35.4. The number of hydrogen-bond acceptors (Lipinski definition) is 20. The van der Waals surface area contributed by atoms with Crippen molar-refractivity contribution in [2.24, 2.45) is 21.3 Å². The molecule has 12 rings (SSSR count). The van der Waals surface area contributed by atoms with Crippen LogP contribution in [0.4, 0.5) is 32.5 Å². The van der Waals surface area contributed by atoms with Gasteiger partial charge in [-0.25, -0.2) is 40.2 Å². The summed E-state index contributed by atoms with van der Waals surface area (Å²) < 4.78 is 81.7. The molecule has 0 radical (unpaired) electrons. The molecule has 0 aliphatic carbocycles. The van der Waals surface area contributed by atoms with E-state index < -0.39 is 47.8 Å². The van der Waals surface area contributed by atoms with Crippen molar-refractivity contribution in [3.8, 4) is 71.1 Å². The predicted molar refractivity (Wildman–Crippen MR) is 405 cm³/mol. The summed E-state index contributed by atoms with van der Waals surface area (Å²) in [5.74, 6) is 1.56. The number of aromatic nitrogens is 3. The van der Waals surface area contributed by atoms with Crippen LogP contribution in [0.5, 0.6) is 0 Å². The Labute approximate surface area is 617 Å². The van der Waals surface area contributed by atoms with Crippen molar-refractivity contribution in [2.75, 3.05) is 81.4 Å². The molecule has 35 heteroatoms. The number of nitrogens with one attached hydrogen (secondary N) is 3. The molecule has 6 aromatic carbocycles. The summed E-state index contributed by atoms with van der Waals surface area (Å²) >= 11 is 3.72. The van der Waals surface area contributed by atoms with Crippen LogP contribution < -0.4 is 16.0 Å². The first-order valence-electron chi connectivity index (χ1n) is 31.9. The maximum Gasteiger partial charge on any atom is 0.257 e. The van der Waals surface area contributed by atoms with Crippen molar-refractivity contribution < 1.29 is 39.6 Å². The smallest absolute Gasteiger partial charge is 0.257 e. The molecule has 3 amide bonds. The molecule has 6 heterocycles. The minimum Gasteiger partial charge on any atom is -0.330 e. The van der Waals surface area contributed by atoms with E-state index in [1.807, 2.05) is 51.1 Å². The fourth-order valence-corrected chi connectivity index (χ4v) is 17.4. The normalized spacial score (nSPS) is 14.3. The zero-order valence-corrected chi connectivity index (χ0v) is 61.3. The fourth-order valence-electron chi connectivity index (χ4n) is 11.0. The van der Waals surface area contributed by atoms with E-state index in [1.165, 1.54) is 120 Å². The second-order valence-corrected chi connectivity index (χ2v) is 31.9. The number of hydrogen-bond donors (Lipinski definition) is 3. The molecule has 0 atom stereocenters. The monoisotopic (exact) mass is 1520 g/mol. The third-order valence-electron chi connectivity index (χ3n) is 16.8. The second kappa shape index (κ2) is 34.2. The number of anilines is 3. The highest BCUT2D eigenvalue weighted by atomic mass is 32.2. The number of benzene rings is 6. The van der Waals surface area contributed by atoms with Gasteiger partial charge in [0.15, 0.2) is 15.4 Å². The van der Waals surface area contributed by atoms with Gasteiger partial charge in [-0.1, -0.05) is 75.7 Å². The van der Waals surface area contributed by atoms with E-state index >= 15 is 0 Å². The third-order valence-corrected chi connectivity index (χ3v) is 24.8. The number of aryl methyl sites for hydroxylation is 3. The van der Waals surface area contributed by atoms with E-state index in [0.29, 0.717) is 156 Å². The summed E-state index contributed by atoms with van der Waals surface area (Å²) in [5, 5.41) is 25.7. The molecule has 105 heavy (non-hydrogen) atoms. The molecule has 29 nitrogen and oxygen atoms in total. The number of carbonyl (C=O) groups is 3. The lowest BCUT2D eigenvalue weighted by atomic mass is 10.00. The average molecular weight is 1520 g/mol. The summed E-state index contributed by atoms with van der Waals surface area (Å²) in [7, 11) is -11.0. The van der Waals surface area contributed by atoms with Gasteiger partial charge in [-0.3, -0.25) is 30.3 Å². The van der Waals surface area contributed by atoms with Crippen LogP contribution in [0.15, 0.2) is 174 Å². The van der Waals surface area contributed by atoms with Crippen LogP contribution in [0.25, 0.3) is 65.1 Å². The van der Waals surface area contributed by atoms with Gasteiger partial charge in [0.2, 0.25) is 30.1 Å². The van der Waals surface area contributed by atoms with E-state index in [2.05, 4.69) is 79.0 Å². The van der Waals surface area contributed by atoms with Crippen molar-refractivity contribution >= 4 is 114 Å². The molecule has 3 aliphatic heterocycles. The van der Waals surface area contributed by atoms with E-state index in [4.69, 9.17) is 35.9 Å². The topological polar surface area (TPSA) is 391 Å². The quantitative estimate of drug-likeness (QED) is 0.0311. The molecule has 0 spiro atoms. The van der Waals surface area contributed by atoms with E-state index in [0.717, 1.165) is 22.3 Å². The van der Waals surface area contributed by atoms with Crippen LogP contribution in [-0.2, 0) is 30.1 Å². The van der Waals surface area contributed by atoms with Gasteiger partial charge in [-0.2, -0.15) is 12.9 Å². The van der Waals surface area contributed by atoms with Gasteiger partial charge < -0.3 is 9.80 Å². The number of piperazine rings is 2. The minimum absolute atomic E-state index is 0.107. The lowest BCUT2D eigenvalue weighted by Gasteiger charge is -2.31. The Morgan fingerprint density at radius 3 is 1.13 bits per heavy atom. The van der Waals surface area contributed by atoms with Gasteiger partial charge in [0.25, 0.3) is 17.7 Å². The van der Waals surface area contributed by atoms with Crippen molar-refractivity contribution in [3.05, 3.63) is 208 Å². The van der Waals surface area contributed by atoms with Gasteiger partial charge in [-0.05, 0) is 147 Å². The van der Waals surface area contributed by atoms with Gasteiger partial charge in [0, 0.05) is 165 Å². The number of amides is 3. The molecule has 3 aliphatic rings. The first-order valence-corrected chi connectivity index (χ1v) is 38.9. The summed E-state index contributed by atoms with van der Waals surface area (Å²) in [6, 6.07) is 38.6. The molecule has 0 unspecified atom stereocenters. The number of piperidine rings is 1. The minimum atomic E-state index is -3.67. The number of carbonyl (C=O) groups excluding carboxylic acids is 3. The van der Waals surface area contributed by atoms with Crippen molar-refractivity contribution in [1.29, 1.82) is 0 Å². The summed E-state index contributed by atoms with van der Waals surface area (Å²) in [6.45, 7) is 9.65. The Hall–Kier alpha value is -11.4. The summed E-state index contributed by atoms with van der Waals surface area (Å²) in [4.78, 5) is 63.9. The van der Waals surface area contributed by atoms with Gasteiger partial charge in [-0.15, -0.1) is 46.4 Å². The molecule has 3 aromatic heterocycles. The van der Waals surface area contributed by atoms with E-state index in [-0.39, 0.29) is 20.6 Å². The van der Waals surface area contributed by atoms with Gasteiger partial charge in [0.1, 0.15) is 0 Å². The van der Waals surface area contributed by atoms with E-state index in [9.17, 15) is 39.6 Å². The fraction of sp³-hybridized carbons (Fsp3) is 0.229. The number of nitrogens with zero attached hydrogens (tertiary/aromatic N) is 17. The average Bonchev–Trinajstić information content (AvgIpc) is 1.53. The highest BCUT2D eigenvalue weighted by Gasteiger charge is 2.32. The maximum atomic E-state index is 12.9. The highest BCUT2D eigenvalue weighted by Crippen LogP contribution is 2.37. The number of azide groups is 3. The Morgan fingerprint density at radius 1 is 0.457 bits per heavy atom. The summed E-state index contributed by atoms with van der Waals surface area (Å²) in [6.07, 6.45) is 17.5. The largest absolute Gasteiger partial charge is 0.330 e. The zero-order valence-electron chi connectivity index (χ0n) is 56.4. The molecule has 0 bridgehead atoms. The number of rotatable bonds is 18. The lowest BCUT2D eigenvalue weighted by Crippen LogP contribution is -2.46. The SMILES string of the molecule is C#CC1CCN(S(=O)(=O)c2ccc(C(=O)Nc3nc(-c4cc(C)ccc4N=[N+]=[N-])cs3)cc2)CC1.C#CN1CCN(S(=O)(=O)c2ccc(C(=O)Nc3nc(-c4cc(C)ccc4N=[N+]=[N-])cs3)cc2)CC1.C#CN1CCN(S(=O)(=O)c2ccc(C(=O)Nc3nc(-c4cc(N=[N+]=[N-])ccc4C)cs3)cc2)CC1. The first kappa shape index (κ1) is 76.2. The lowest BCUT2D eigenvalue weighted by molar-refractivity contribution is 0.101. The number of sulfonamides is 3. The van der Waals surface area contributed by atoms with Crippen LogP contribution in [0.3, 0.4) is 0 Å². The first-order chi connectivity index (χ1) is 50.4. The number of terminal acetylenes is 3. The van der Waals surface area contributed by atoms with E-state index in [1.54, 1.807) is 50.2 Å². The van der Waals surface area contributed by atoms with Crippen LogP contribution in [-0.4, -0.2) is 146 Å². The van der Waals surface area contributed by atoms with Crippen LogP contribution >= 0.6 is 34.0 Å². The van der Waals surface area contributed by atoms with Gasteiger partial charge >= 0.3 is 0 Å². The second-order valence-electron chi connectivity index (χ2n) is 23.5.